The quantitative estimate of drug-likeness (QED) is 0.624. The van der Waals surface area contributed by atoms with E-state index in [4.69, 9.17) is 0 Å². The fraction of sp³-hybridized carbons (Fsp3) is 1.00. The second-order valence-electron chi connectivity index (χ2n) is 4.23. The van der Waals surface area contributed by atoms with Crippen molar-refractivity contribution in [3.63, 3.8) is 0 Å². The van der Waals surface area contributed by atoms with Gasteiger partial charge in [-0.15, -0.1) is 0 Å². The Morgan fingerprint density at radius 1 is 0.818 bits per heavy atom. The molecule has 2 atom stereocenters. The van der Waals surface area contributed by atoms with E-state index in [-0.39, 0.29) is 24.0 Å². The smallest absolute Gasteiger partial charge is 0.0493 e. The fourth-order valence-corrected chi connectivity index (χ4v) is 3.03. The summed E-state index contributed by atoms with van der Waals surface area (Å²) in [6.45, 7) is 0.571. The molecule has 11 heavy (non-hydrogen) atoms. The van der Waals surface area contributed by atoms with Gasteiger partial charge in [-0.2, -0.15) is 0 Å². The van der Waals surface area contributed by atoms with Crippen LogP contribution in [0.1, 0.15) is 32.1 Å². The second-order valence-corrected chi connectivity index (χ2v) is 4.23. The first kappa shape index (κ1) is 7.56. The Hall–Kier alpha value is -0.0800. The Balaban J connectivity index is 2.21. The lowest BCUT2D eigenvalue weighted by Gasteiger charge is -2.54. The number of hydrogen-bond acceptors (Lipinski definition) is 2. The van der Waals surface area contributed by atoms with Crippen LogP contribution in [0.3, 0.4) is 0 Å². The predicted molar refractivity (Wildman–Crippen MR) is 42.1 cm³/mol. The van der Waals surface area contributed by atoms with E-state index in [2.05, 4.69) is 0 Å². The monoisotopic (exact) mass is 156 g/mol. The first-order valence-electron chi connectivity index (χ1n) is 4.50. The maximum Gasteiger partial charge on any atom is 0.0493 e. The van der Waals surface area contributed by atoms with Crippen molar-refractivity contribution in [1.82, 2.24) is 0 Å². The summed E-state index contributed by atoms with van der Waals surface area (Å²) >= 11 is 0. The average Bonchev–Trinajstić information content (AvgIpc) is 2.26. The van der Waals surface area contributed by atoms with E-state index in [0.29, 0.717) is 0 Å². The normalized spacial score (nSPS) is 48.5. The summed E-state index contributed by atoms with van der Waals surface area (Å²) in [6, 6.07) is 0. The fourth-order valence-electron chi connectivity index (χ4n) is 3.03. The lowest BCUT2D eigenvalue weighted by Crippen LogP contribution is -2.51. The van der Waals surface area contributed by atoms with Crippen LogP contribution in [0.4, 0.5) is 0 Å². The maximum atomic E-state index is 9.23. The van der Waals surface area contributed by atoms with Crippen molar-refractivity contribution in [2.75, 3.05) is 13.2 Å². The van der Waals surface area contributed by atoms with Gasteiger partial charge in [0, 0.05) is 24.0 Å². The van der Waals surface area contributed by atoms with Gasteiger partial charge >= 0.3 is 0 Å². The maximum absolute atomic E-state index is 9.23. The summed E-state index contributed by atoms with van der Waals surface area (Å²) in [5.74, 6) is 0. The zero-order valence-corrected chi connectivity index (χ0v) is 6.84. The van der Waals surface area contributed by atoms with Crippen LogP contribution in [0.15, 0.2) is 0 Å². The van der Waals surface area contributed by atoms with Gasteiger partial charge in [0.25, 0.3) is 0 Å². The Labute approximate surface area is 67.2 Å². The molecule has 2 saturated carbocycles. The third kappa shape index (κ3) is 0.695. The van der Waals surface area contributed by atoms with E-state index in [0.717, 1.165) is 25.7 Å². The van der Waals surface area contributed by atoms with E-state index >= 15 is 0 Å². The molecule has 0 bridgehead atoms. The summed E-state index contributed by atoms with van der Waals surface area (Å²) < 4.78 is 0. The molecule has 2 N–H and O–H groups in total. The number of aliphatic hydroxyl groups is 2. The van der Waals surface area contributed by atoms with Gasteiger partial charge in [0.2, 0.25) is 0 Å². The Kier molecular flexibility index (Phi) is 1.52. The number of aliphatic hydroxyl groups excluding tert-OH is 2. The topological polar surface area (TPSA) is 40.5 Å². The lowest BCUT2D eigenvalue weighted by atomic mass is 9.52. The van der Waals surface area contributed by atoms with Crippen molar-refractivity contribution >= 4 is 0 Å². The third-order valence-corrected chi connectivity index (χ3v) is 4.12. The van der Waals surface area contributed by atoms with Gasteiger partial charge in [0.1, 0.15) is 0 Å². The molecule has 2 rings (SSSR count). The number of fused-ring (bicyclic) bond motifs is 1. The molecule has 2 aliphatic carbocycles. The Morgan fingerprint density at radius 3 is 1.55 bits per heavy atom. The van der Waals surface area contributed by atoms with E-state index < -0.39 is 0 Å². The van der Waals surface area contributed by atoms with Gasteiger partial charge in [0.15, 0.2) is 0 Å². The number of rotatable bonds is 2. The van der Waals surface area contributed by atoms with Crippen molar-refractivity contribution in [3.05, 3.63) is 0 Å². The third-order valence-electron chi connectivity index (χ3n) is 4.12. The molecule has 0 aromatic carbocycles. The van der Waals surface area contributed by atoms with Crippen LogP contribution in [0.2, 0.25) is 0 Å². The molecular formula is C9H16O2. The average molecular weight is 156 g/mol. The highest BCUT2D eigenvalue weighted by Gasteiger charge is 2.60. The molecule has 0 aromatic rings. The van der Waals surface area contributed by atoms with Crippen LogP contribution in [0, 0.1) is 10.8 Å². The first-order chi connectivity index (χ1) is 5.29. The largest absolute Gasteiger partial charge is 0.396 e. The first-order valence-corrected chi connectivity index (χ1v) is 4.50. The summed E-state index contributed by atoms with van der Waals surface area (Å²) in [5, 5.41) is 18.5. The molecular weight excluding hydrogens is 140 g/mol. The molecule has 0 heterocycles. The molecule has 64 valence electrons. The van der Waals surface area contributed by atoms with Crippen molar-refractivity contribution in [1.29, 1.82) is 0 Å². The highest BCUT2D eigenvalue weighted by atomic mass is 16.3. The zero-order valence-electron chi connectivity index (χ0n) is 6.84. The van der Waals surface area contributed by atoms with Crippen LogP contribution in [0.25, 0.3) is 0 Å². The molecule has 0 spiro atoms. The SMILES string of the molecule is OC[C@@]12CCC[C@]1(CO)CC2. The lowest BCUT2D eigenvalue weighted by molar-refractivity contribution is -0.117. The van der Waals surface area contributed by atoms with Gasteiger partial charge in [-0.1, -0.05) is 6.42 Å². The molecule has 0 amide bonds. The van der Waals surface area contributed by atoms with Crippen LogP contribution < -0.4 is 0 Å². The molecule has 2 fully saturated rings. The van der Waals surface area contributed by atoms with Crippen molar-refractivity contribution in [3.8, 4) is 0 Å². The van der Waals surface area contributed by atoms with E-state index in [9.17, 15) is 10.2 Å². The van der Waals surface area contributed by atoms with Gasteiger partial charge in [0.05, 0.1) is 0 Å². The van der Waals surface area contributed by atoms with Crippen LogP contribution >= 0.6 is 0 Å². The van der Waals surface area contributed by atoms with Gasteiger partial charge < -0.3 is 10.2 Å². The summed E-state index contributed by atoms with van der Waals surface area (Å²) in [7, 11) is 0. The van der Waals surface area contributed by atoms with Gasteiger partial charge in [-0.3, -0.25) is 0 Å². The highest BCUT2D eigenvalue weighted by molar-refractivity contribution is 5.10. The standard InChI is InChI=1S/C9H16O2/c10-6-8-2-1-3-9(8,7-11)5-4-8/h10-11H,1-7H2/t8-,9+. The van der Waals surface area contributed by atoms with E-state index in [1.165, 1.54) is 6.42 Å². The molecule has 2 heteroatoms. The minimum absolute atomic E-state index is 0.127. The molecule has 0 radical (unpaired) electrons. The Bertz CT molecular complexity index is 143. The van der Waals surface area contributed by atoms with Crippen molar-refractivity contribution < 1.29 is 10.2 Å². The van der Waals surface area contributed by atoms with E-state index in [1.54, 1.807) is 0 Å². The molecule has 2 nitrogen and oxygen atoms in total. The van der Waals surface area contributed by atoms with Gasteiger partial charge in [-0.25, -0.2) is 0 Å². The number of hydrogen-bond donors (Lipinski definition) is 2. The van der Waals surface area contributed by atoms with Gasteiger partial charge in [-0.05, 0) is 25.7 Å². The minimum atomic E-state index is 0.127. The molecule has 0 unspecified atom stereocenters. The molecule has 0 saturated heterocycles. The predicted octanol–water partition coefficient (Wildman–Crippen LogP) is 0.921. The molecule has 0 aromatic heterocycles. The van der Waals surface area contributed by atoms with E-state index in [1.807, 2.05) is 0 Å². The van der Waals surface area contributed by atoms with Crippen LogP contribution in [-0.2, 0) is 0 Å². The van der Waals surface area contributed by atoms with Crippen molar-refractivity contribution in [2.45, 2.75) is 32.1 Å². The highest BCUT2D eigenvalue weighted by Crippen LogP contribution is 2.65. The minimum Gasteiger partial charge on any atom is -0.396 e. The summed E-state index contributed by atoms with van der Waals surface area (Å²) in [6.07, 6.45) is 5.71. The van der Waals surface area contributed by atoms with Crippen LogP contribution in [0.5, 0.6) is 0 Å². The van der Waals surface area contributed by atoms with Crippen molar-refractivity contribution in [2.24, 2.45) is 10.8 Å². The second kappa shape index (κ2) is 2.20. The Morgan fingerprint density at radius 2 is 1.27 bits per heavy atom. The van der Waals surface area contributed by atoms with Crippen LogP contribution in [-0.4, -0.2) is 23.4 Å². The zero-order chi connectivity index (χ0) is 7.95. The molecule has 0 aliphatic heterocycles. The molecule has 2 aliphatic rings. The summed E-state index contributed by atoms with van der Waals surface area (Å²) in [5.41, 5.74) is 0.253. The summed E-state index contributed by atoms with van der Waals surface area (Å²) in [4.78, 5) is 0.